The molecule has 17 heavy (non-hydrogen) atoms. The second-order valence-corrected chi connectivity index (χ2v) is 5.18. The number of rotatable bonds is 4. The molecule has 2 rings (SSSR count). The summed E-state index contributed by atoms with van der Waals surface area (Å²) in [7, 11) is 0. The minimum absolute atomic E-state index is 0.145. The molecule has 0 atom stereocenters. The summed E-state index contributed by atoms with van der Waals surface area (Å²) in [6.07, 6.45) is 2.07. The lowest BCUT2D eigenvalue weighted by Gasteiger charge is -2.25. The lowest BCUT2D eigenvalue weighted by Crippen LogP contribution is -2.45. The van der Waals surface area contributed by atoms with E-state index in [-0.39, 0.29) is 11.6 Å². The fraction of sp³-hybridized carbons (Fsp3) is 0.500. The average Bonchev–Trinajstić information content (AvgIpc) is 3.11. The Labute approximate surface area is 102 Å². The van der Waals surface area contributed by atoms with E-state index in [1.54, 1.807) is 0 Å². The highest BCUT2D eigenvalue weighted by molar-refractivity contribution is 5.68. The Morgan fingerprint density at radius 2 is 2.00 bits per heavy atom. The minimum Gasteiger partial charge on any atom is -0.445 e. The van der Waals surface area contributed by atoms with Gasteiger partial charge in [-0.3, -0.25) is 0 Å². The zero-order chi connectivity index (χ0) is 12.3. The lowest BCUT2D eigenvalue weighted by atomic mass is 9.99. The van der Waals surface area contributed by atoms with Crippen LogP contribution in [0.2, 0.25) is 0 Å². The van der Waals surface area contributed by atoms with Gasteiger partial charge in [0.05, 0.1) is 0 Å². The Kier molecular flexibility index (Phi) is 3.36. The maximum Gasteiger partial charge on any atom is 0.407 e. The molecule has 0 saturated heterocycles. The number of hydrogen-bond acceptors (Lipinski definition) is 2. The third kappa shape index (κ3) is 3.48. The van der Waals surface area contributed by atoms with Crippen LogP contribution in [0.5, 0.6) is 0 Å². The van der Waals surface area contributed by atoms with E-state index in [0.29, 0.717) is 12.5 Å². The molecule has 0 radical (unpaired) electrons. The smallest absolute Gasteiger partial charge is 0.407 e. The van der Waals surface area contributed by atoms with Gasteiger partial charge in [-0.15, -0.1) is 0 Å². The van der Waals surface area contributed by atoms with Crippen molar-refractivity contribution in [2.75, 3.05) is 0 Å². The van der Waals surface area contributed by atoms with E-state index in [9.17, 15) is 4.79 Å². The van der Waals surface area contributed by atoms with Crippen LogP contribution in [-0.4, -0.2) is 11.6 Å². The Morgan fingerprint density at radius 1 is 1.35 bits per heavy atom. The van der Waals surface area contributed by atoms with Crippen LogP contribution in [-0.2, 0) is 11.3 Å². The summed E-state index contributed by atoms with van der Waals surface area (Å²) < 4.78 is 5.19. The van der Waals surface area contributed by atoms with Crippen molar-refractivity contribution in [1.82, 2.24) is 5.32 Å². The van der Waals surface area contributed by atoms with Crippen LogP contribution in [0.15, 0.2) is 30.3 Å². The molecule has 0 aliphatic heterocycles. The molecule has 3 heteroatoms. The summed E-state index contributed by atoms with van der Waals surface area (Å²) in [4.78, 5) is 11.6. The number of carbonyl (C=O) groups excluding carboxylic acids is 1. The topological polar surface area (TPSA) is 38.3 Å². The molecule has 1 fully saturated rings. The summed E-state index contributed by atoms with van der Waals surface area (Å²) in [5.74, 6) is 0.603. The standard InChI is InChI=1S/C14H19NO2/c1-14(2,12-8-9-12)15-13(16)17-10-11-6-4-3-5-7-11/h3-7,12H,8-10H2,1-2H3,(H,15,16). The van der Waals surface area contributed by atoms with E-state index in [1.807, 2.05) is 30.3 Å². The molecule has 0 unspecified atom stereocenters. The molecular formula is C14H19NO2. The third-order valence-electron chi connectivity index (χ3n) is 3.23. The second-order valence-electron chi connectivity index (χ2n) is 5.18. The molecule has 92 valence electrons. The van der Waals surface area contributed by atoms with Crippen molar-refractivity contribution in [3.8, 4) is 0 Å². The van der Waals surface area contributed by atoms with Crippen molar-refractivity contribution >= 4 is 6.09 Å². The van der Waals surface area contributed by atoms with Crippen molar-refractivity contribution in [3.63, 3.8) is 0 Å². The van der Waals surface area contributed by atoms with Crippen LogP contribution in [0.1, 0.15) is 32.3 Å². The molecule has 3 nitrogen and oxygen atoms in total. The van der Waals surface area contributed by atoms with Gasteiger partial charge in [-0.1, -0.05) is 30.3 Å². The van der Waals surface area contributed by atoms with E-state index < -0.39 is 0 Å². The Morgan fingerprint density at radius 3 is 2.59 bits per heavy atom. The molecule has 1 aliphatic rings. The number of alkyl carbamates (subject to hydrolysis) is 1. The number of carbonyl (C=O) groups is 1. The first-order valence-electron chi connectivity index (χ1n) is 6.07. The predicted molar refractivity (Wildman–Crippen MR) is 66.6 cm³/mol. The van der Waals surface area contributed by atoms with Crippen LogP contribution in [0.4, 0.5) is 4.79 Å². The first-order chi connectivity index (χ1) is 8.08. The maximum atomic E-state index is 11.6. The molecule has 0 bridgehead atoms. The largest absolute Gasteiger partial charge is 0.445 e. The van der Waals surface area contributed by atoms with Gasteiger partial charge in [0, 0.05) is 5.54 Å². The van der Waals surface area contributed by atoms with Crippen molar-refractivity contribution < 1.29 is 9.53 Å². The lowest BCUT2D eigenvalue weighted by molar-refractivity contribution is 0.127. The zero-order valence-corrected chi connectivity index (χ0v) is 10.4. The summed E-state index contributed by atoms with van der Waals surface area (Å²) in [6, 6.07) is 9.70. The van der Waals surface area contributed by atoms with Crippen molar-refractivity contribution in [2.24, 2.45) is 5.92 Å². The van der Waals surface area contributed by atoms with Gasteiger partial charge in [0.1, 0.15) is 6.61 Å². The van der Waals surface area contributed by atoms with Gasteiger partial charge in [-0.25, -0.2) is 4.79 Å². The second kappa shape index (κ2) is 4.78. The highest BCUT2D eigenvalue weighted by Crippen LogP contribution is 2.39. The monoisotopic (exact) mass is 233 g/mol. The normalized spacial score (nSPS) is 15.4. The predicted octanol–water partition coefficient (Wildman–Crippen LogP) is 3.10. The Balaban J connectivity index is 1.78. The van der Waals surface area contributed by atoms with Crippen molar-refractivity contribution in [3.05, 3.63) is 35.9 Å². The summed E-state index contributed by atoms with van der Waals surface area (Å²) >= 11 is 0. The molecule has 1 aromatic rings. The number of amides is 1. The van der Waals surface area contributed by atoms with Crippen LogP contribution in [0, 0.1) is 5.92 Å². The zero-order valence-electron chi connectivity index (χ0n) is 10.4. The van der Waals surface area contributed by atoms with Gasteiger partial charge < -0.3 is 10.1 Å². The van der Waals surface area contributed by atoms with E-state index >= 15 is 0 Å². The van der Waals surface area contributed by atoms with Gasteiger partial charge in [0.25, 0.3) is 0 Å². The Hall–Kier alpha value is -1.51. The van der Waals surface area contributed by atoms with Crippen molar-refractivity contribution in [2.45, 2.75) is 38.8 Å². The SMILES string of the molecule is CC(C)(NC(=O)OCc1ccccc1)C1CC1. The average molecular weight is 233 g/mol. The molecular weight excluding hydrogens is 214 g/mol. The summed E-state index contributed by atoms with van der Waals surface area (Å²) in [6.45, 7) is 4.43. The van der Waals surface area contributed by atoms with Crippen LogP contribution >= 0.6 is 0 Å². The van der Waals surface area contributed by atoms with E-state index in [0.717, 1.165) is 5.56 Å². The molecule has 0 spiro atoms. The molecule has 1 N–H and O–H groups in total. The van der Waals surface area contributed by atoms with Crippen LogP contribution < -0.4 is 5.32 Å². The molecule has 0 aromatic heterocycles. The molecule has 1 amide bonds. The fourth-order valence-electron chi connectivity index (χ4n) is 1.93. The molecule has 1 saturated carbocycles. The molecule has 1 aromatic carbocycles. The van der Waals surface area contributed by atoms with Gasteiger partial charge in [-0.2, -0.15) is 0 Å². The van der Waals surface area contributed by atoms with Gasteiger partial charge in [0.2, 0.25) is 0 Å². The first kappa shape index (κ1) is 12.0. The van der Waals surface area contributed by atoms with Crippen molar-refractivity contribution in [1.29, 1.82) is 0 Å². The Bertz CT molecular complexity index is 382. The van der Waals surface area contributed by atoms with Gasteiger partial charge in [-0.05, 0) is 38.2 Å². The quantitative estimate of drug-likeness (QED) is 0.867. The van der Waals surface area contributed by atoms with Gasteiger partial charge in [0.15, 0.2) is 0 Å². The number of hydrogen-bond donors (Lipinski definition) is 1. The van der Waals surface area contributed by atoms with E-state index in [2.05, 4.69) is 19.2 Å². The van der Waals surface area contributed by atoms with Gasteiger partial charge >= 0.3 is 6.09 Å². The number of ether oxygens (including phenoxy) is 1. The first-order valence-corrected chi connectivity index (χ1v) is 6.07. The fourth-order valence-corrected chi connectivity index (χ4v) is 1.93. The summed E-state index contributed by atoms with van der Waals surface area (Å²) in [5, 5.41) is 2.93. The van der Waals surface area contributed by atoms with E-state index in [4.69, 9.17) is 4.74 Å². The van der Waals surface area contributed by atoms with Crippen LogP contribution in [0.25, 0.3) is 0 Å². The molecule has 1 aliphatic carbocycles. The highest BCUT2D eigenvalue weighted by Gasteiger charge is 2.39. The number of nitrogens with one attached hydrogen (secondary N) is 1. The number of benzene rings is 1. The minimum atomic E-state index is -0.328. The van der Waals surface area contributed by atoms with Crippen LogP contribution in [0.3, 0.4) is 0 Å². The molecule has 0 heterocycles. The summed E-state index contributed by atoms with van der Waals surface area (Å²) in [5.41, 5.74) is 0.861. The maximum absolute atomic E-state index is 11.6. The highest BCUT2D eigenvalue weighted by atomic mass is 16.5. The van der Waals surface area contributed by atoms with E-state index in [1.165, 1.54) is 12.8 Å². The third-order valence-corrected chi connectivity index (χ3v) is 3.23.